The van der Waals surface area contributed by atoms with Gasteiger partial charge in [-0.2, -0.15) is 0 Å². The van der Waals surface area contributed by atoms with E-state index >= 15 is 0 Å². The van der Waals surface area contributed by atoms with Crippen molar-refractivity contribution in [1.82, 2.24) is 9.55 Å². The number of imidazole rings is 1. The summed E-state index contributed by atoms with van der Waals surface area (Å²) in [5, 5.41) is 8.96. The molecule has 90 valence electrons. The Bertz CT molecular complexity index is 548. The van der Waals surface area contributed by atoms with Gasteiger partial charge in [-0.3, -0.25) is 0 Å². The molecule has 0 radical (unpaired) electrons. The van der Waals surface area contributed by atoms with Crippen LogP contribution in [0.5, 0.6) is 0 Å². The van der Waals surface area contributed by atoms with Crippen molar-refractivity contribution < 1.29 is 14.6 Å². The Morgan fingerprint density at radius 2 is 2.35 bits per heavy atom. The van der Waals surface area contributed by atoms with Gasteiger partial charge in [0.2, 0.25) is 0 Å². The summed E-state index contributed by atoms with van der Waals surface area (Å²) in [7, 11) is 1.64. The van der Waals surface area contributed by atoms with Crippen LogP contribution >= 0.6 is 0 Å². The number of carboxylic acid groups (broad SMARTS) is 1. The molecular weight excluding hydrogens is 220 g/mol. The number of carboxylic acids is 1. The highest BCUT2D eigenvalue weighted by Gasteiger charge is 2.11. The third-order valence-electron chi connectivity index (χ3n) is 2.70. The zero-order valence-corrected chi connectivity index (χ0v) is 9.75. The zero-order valence-electron chi connectivity index (χ0n) is 9.75. The van der Waals surface area contributed by atoms with Crippen LogP contribution in [0.1, 0.15) is 23.3 Å². The average molecular weight is 234 g/mol. The number of ether oxygens (including phenoxy) is 1. The summed E-state index contributed by atoms with van der Waals surface area (Å²) in [5.74, 6) is -0.931. The summed E-state index contributed by atoms with van der Waals surface area (Å²) in [4.78, 5) is 15.2. The molecule has 17 heavy (non-hydrogen) atoms. The van der Waals surface area contributed by atoms with Gasteiger partial charge in [-0.1, -0.05) is 0 Å². The summed E-state index contributed by atoms with van der Waals surface area (Å²) in [6, 6.07) is 5.03. The fourth-order valence-electron chi connectivity index (χ4n) is 1.83. The fourth-order valence-corrected chi connectivity index (χ4v) is 1.83. The van der Waals surface area contributed by atoms with E-state index in [1.807, 2.05) is 11.5 Å². The molecule has 0 aliphatic rings. The van der Waals surface area contributed by atoms with Gasteiger partial charge in [-0.05, 0) is 25.1 Å². The molecular formula is C12H14N2O3. The topological polar surface area (TPSA) is 64.4 Å². The standard InChI is InChI=1S/C12H14N2O3/c1-8(6-17-2)14-7-13-10-4-3-9(12(15)16)5-11(10)14/h3-5,7-8H,6H2,1-2H3,(H,15,16). The molecule has 0 spiro atoms. The Balaban J connectivity index is 2.50. The van der Waals surface area contributed by atoms with Crippen LogP contribution < -0.4 is 0 Å². The van der Waals surface area contributed by atoms with Crippen LogP contribution in [0, 0.1) is 0 Å². The number of carbonyl (C=O) groups is 1. The van der Waals surface area contributed by atoms with Crippen LogP contribution in [0.15, 0.2) is 24.5 Å². The first-order valence-corrected chi connectivity index (χ1v) is 5.32. The maximum absolute atomic E-state index is 10.9. The Labute approximate surface area is 98.6 Å². The van der Waals surface area contributed by atoms with E-state index in [-0.39, 0.29) is 11.6 Å². The van der Waals surface area contributed by atoms with Crippen molar-refractivity contribution in [3.63, 3.8) is 0 Å². The molecule has 1 aromatic carbocycles. The molecule has 1 aromatic heterocycles. The van der Waals surface area contributed by atoms with Crippen LogP contribution in [0.4, 0.5) is 0 Å². The highest BCUT2D eigenvalue weighted by atomic mass is 16.5. The van der Waals surface area contributed by atoms with E-state index in [2.05, 4.69) is 4.98 Å². The van der Waals surface area contributed by atoms with E-state index < -0.39 is 5.97 Å². The number of rotatable bonds is 4. The van der Waals surface area contributed by atoms with Crippen molar-refractivity contribution in [3.8, 4) is 0 Å². The highest BCUT2D eigenvalue weighted by molar-refractivity contribution is 5.92. The van der Waals surface area contributed by atoms with Gasteiger partial charge in [0.25, 0.3) is 0 Å². The van der Waals surface area contributed by atoms with Gasteiger partial charge in [-0.15, -0.1) is 0 Å². The van der Waals surface area contributed by atoms with Crippen molar-refractivity contribution in [1.29, 1.82) is 0 Å². The minimum Gasteiger partial charge on any atom is -0.478 e. The Hall–Kier alpha value is -1.88. The van der Waals surface area contributed by atoms with Crippen molar-refractivity contribution in [2.45, 2.75) is 13.0 Å². The summed E-state index contributed by atoms with van der Waals surface area (Å²) in [5.41, 5.74) is 1.87. The van der Waals surface area contributed by atoms with Gasteiger partial charge < -0.3 is 14.4 Å². The molecule has 0 aliphatic heterocycles. The fraction of sp³-hybridized carbons (Fsp3) is 0.333. The van der Waals surface area contributed by atoms with Gasteiger partial charge >= 0.3 is 5.97 Å². The van der Waals surface area contributed by atoms with E-state index in [0.717, 1.165) is 11.0 Å². The first-order valence-electron chi connectivity index (χ1n) is 5.32. The lowest BCUT2D eigenvalue weighted by Crippen LogP contribution is -2.10. The number of aromatic carboxylic acids is 1. The number of benzene rings is 1. The summed E-state index contributed by atoms with van der Waals surface area (Å²) in [6.07, 6.45) is 1.71. The predicted octanol–water partition coefficient (Wildman–Crippen LogP) is 1.94. The molecule has 1 N–H and O–H groups in total. The SMILES string of the molecule is COCC(C)n1cnc2ccc(C(=O)O)cc21. The smallest absolute Gasteiger partial charge is 0.335 e. The lowest BCUT2D eigenvalue weighted by Gasteiger charge is -2.13. The average Bonchev–Trinajstić information content (AvgIpc) is 2.71. The lowest BCUT2D eigenvalue weighted by atomic mass is 10.2. The maximum atomic E-state index is 10.9. The number of nitrogens with zero attached hydrogens (tertiary/aromatic N) is 2. The minimum absolute atomic E-state index is 0.119. The quantitative estimate of drug-likeness (QED) is 0.878. The molecule has 1 heterocycles. The molecule has 0 aliphatic carbocycles. The minimum atomic E-state index is -0.931. The highest BCUT2D eigenvalue weighted by Crippen LogP contribution is 2.19. The second-order valence-corrected chi connectivity index (χ2v) is 3.96. The number of fused-ring (bicyclic) bond motifs is 1. The van der Waals surface area contributed by atoms with E-state index in [9.17, 15) is 4.79 Å². The molecule has 2 rings (SSSR count). The molecule has 0 saturated heterocycles. The molecule has 1 atom stereocenters. The molecule has 5 nitrogen and oxygen atoms in total. The van der Waals surface area contributed by atoms with Crippen LogP contribution in [-0.4, -0.2) is 34.3 Å². The van der Waals surface area contributed by atoms with E-state index in [0.29, 0.717) is 6.61 Å². The van der Waals surface area contributed by atoms with E-state index in [1.165, 1.54) is 0 Å². The first-order chi connectivity index (χ1) is 8.13. The second kappa shape index (κ2) is 4.55. The Morgan fingerprint density at radius 3 is 3.00 bits per heavy atom. The molecule has 0 amide bonds. The van der Waals surface area contributed by atoms with Crippen LogP contribution in [0.3, 0.4) is 0 Å². The monoisotopic (exact) mass is 234 g/mol. The molecule has 0 bridgehead atoms. The van der Waals surface area contributed by atoms with Gasteiger partial charge in [-0.25, -0.2) is 9.78 Å². The number of methoxy groups -OCH3 is 1. The van der Waals surface area contributed by atoms with Crippen LogP contribution in [0.2, 0.25) is 0 Å². The maximum Gasteiger partial charge on any atom is 0.335 e. The molecule has 1 unspecified atom stereocenters. The lowest BCUT2D eigenvalue weighted by molar-refractivity contribution is 0.0697. The van der Waals surface area contributed by atoms with E-state index in [4.69, 9.17) is 9.84 Å². The van der Waals surface area contributed by atoms with Gasteiger partial charge in [0.15, 0.2) is 0 Å². The molecule has 2 aromatic rings. The van der Waals surface area contributed by atoms with Gasteiger partial charge in [0.05, 0.1) is 35.6 Å². The van der Waals surface area contributed by atoms with Crippen molar-refractivity contribution in [2.24, 2.45) is 0 Å². The third-order valence-corrected chi connectivity index (χ3v) is 2.70. The Kier molecular flexibility index (Phi) is 3.10. The number of hydrogen-bond donors (Lipinski definition) is 1. The second-order valence-electron chi connectivity index (χ2n) is 3.96. The van der Waals surface area contributed by atoms with E-state index in [1.54, 1.807) is 31.6 Å². The molecule has 0 fully saturated rings. The Morgan fingerprint density at radius 1 is 1.59 bits per heavy atom. The van der Waals surface area contributed by atoms with Gasteiger partial charge in [0, 0.05) is 7.11 Å². The summed E-state index contributed by atoms with van der Waals surface area (Å²) >= 11 is 0. The first kappa shape index (κ1) is 11.6. The van der Waals surface area contributed by atoms with Crippen molar-refractivity contribution >= 4 is 17.0 Å². The van der Waals surface area contributed by atoms with Crippen molar-refractivity contribution in [3.05, 3.63) is 30.1 Å². The summed E-state index contributed by atoms with van der Waals surface area (Å²) < 4.78 is 7.01. The van der Waals surface area contributed by atoms with Crippen LogP contribution in [0.25, 0.3) is 11.0 Å². The zero-order chi connectivity index (χ0) is 12.4. The predicted molar refractivity (Wildman–Crippen MR) is 63.3 cm³/mol. The molecule has 5 heteroatoms. The van der Waals surface area contributed by atoms with Crippen LogP contribution in [-0.2, 0) is 4.74 Å². The largest absolute Gasteiger partial charge is 0.478 e. The molecule has 0 saturated carbocycles. The van der Waals surface area contributed by atoms with Gasteiger partial charge in [0.1, 0.15) is 0 Å². The third kappa shape index (κ3) is 2.14. The summed E-state index contributed by atoms with van der Waals surface area (Å²) in [6.45, 7) is 2.56. The number of aromatic nitrogens is 2. The number of hydrogen-bond acceptors (Lipinski definition) is 3. The van der Waals surface area contributed by atoms with Crippen molar-refractivity contribution in [2.75, 3.05) is 13.7 Å². The normalized spacial score (nSPS) is 12.8.